The Morgan fingerprint density at radius 3 is 2.33 bits per heavy atom. The van der Waals surface area contributed by atoms with Crippen LogP contribution in [0, 0.1) is 0 Å². The number of anilines is 1. The minimum Gasteiger partial charge on any atom is -0.388 e. The van der Waals surface area contributed by atoms with E-state index < -0.39 is 10.0 Å². The first-order chi connectivity index (χ1) is 10.1. The average molecular weight is 302 g/mol. The molecule has 2 aromatic rings. The van der Waals surface area contributed by atoms with E-state index in [-0.39, 0.29) is 0 Å². The Bertz CT molecular complexity index is 739. The zero-order valence-corrected chi connectivity index (χ0v) is 12.7. The van der Waals surface area contributed by atoms with E-state index in [2.05, 4.69) is 11.4 Å². The van der Waals surface area contributed by atoms with E-state index in [0.29, 0.717) is 18.0 Å². The first-order valence-corrected chi connectivity index (χ1v) is 8.40. The van der Waals surface area contributed by atoms with E-state index in [1.807, 2.05) is 25.2 Å². The van der Waals surface area contributed by atoms with Gasteiger partial charge in [0.1, 0.15) is 0 Å². The van der Waals surface area contributed by atoms with E-state index in [1.165, 1.54) is 5.56 Å². The van der Waals surface area contributed by atoms with Crippen LogP contribution in [0.25, 0.3) is 0 Å². The maximum Gasteiger partial charge on any atom is 0.243 e. The third-order valence-corrected chi connectivity index (χ3v) is 5.74. The predicted octanol–water partition coefficient (Wildman–Crippen LogP) is 2.48. The zero-order valence-electron chi connectivity index (χ0n) is 11.9. The van der Waals surface area contributed by atoms with Crippen LogP contribution in [0.3, 0.4) is 0 Å². The summed E-state index contributed by atoms with van der Waals surface area (Å²) in [5.74, 6) is 0. The molecule has 1 heterocycles. The lowest BCUT2D eigenvalue weighted by Gasteiger charge is -2.28. The van der Waals surface area contributed by atoms with Crippen molar-refractivity contribution in [2.75, 3.05) is 18.9 Å². The fraction of sp³-hybridized carbons (Fsp3) is 0.250. The summed E-state index contributed by atoms with van der Waals surface area (Å²) in [5.41, 5.74) is 3.24. The summed E-state index contributed by atoms with van der Waals surface area (Å²) in [6.45, 7) is 0.986. The van der Waals surface area contributed by atoms with Crippen LogP contribution in [-0.4, -0.2) is 26.3 Å². The maximum absolute atomic E-state index is 12.7. The summed E-state index contributed by atoms with van der Waals surface area (Å²) in [5, 5.41) is 2.99. The van der Waals surface area contributed by atoms with Gasteiger partial charge < -0.3 is 5.32 Å². The Labute approximate surface area is 125 Å². The van der Waals surface area contributed by atoms with Crippen molar-refractivity contribution in [1.29, 1.82) is 0 Å². The maximum atomic E-state index is 12.7. The fourth-order valence-electron chi connectivity index (χ4n) is 2.62. The highest BCUT2D eigenvalue weighted by molar-refractivity contribution is 7.89. The third-order valence-electron chi connectivity index (χ3n) is 3.88. The minimum atomic E-state index is -3.42. The molecule has 0 radical (unpaired) electrons. The Kier molecular flexibility index (Phi) is 3.69. The van der Waals surface area contributed by atoms with E-state index in [1.54, 1.807) is 28.6 Å². The first-order valence-electron chi connectivity index (χ1n) is 6.96. The van der Waals surface area contributed by atoms with Gasteiger partial charge in [-0.3, -0.25) is 0 Å². The SMILES string of the molecule is CNc1ccc(S(=O)(=O)N2CCc3ccccc3C2)cc1. The lowest BCUT2D eigenvalue weighted by molar-refractivity contribution is 0.391. The van der Waals surface area contributed by atoms with Gasteiger partial charge in [0.25, 0.3) is 0 Å². The van der Waals surface area contributed by atoms with Crippen LogP contribution in [0.2, 0.25) is 0 Å². The molecule has 1 N–H and O–H groups in total. The lowest BCUT2D eigenvalue weighted by atomic mass is 10.0. The number of nitrogens with zero attached hydrogens (tertiary/aromatic N) is 1. The second-order valence-corrected chi connectivity index (χ2v) is 7.07. The highest BCUT2D eigenvalue weighted by Gasteiger charge is 2.27. The van der Waals surface area contributed by atoms with Gasteiger partial charge in [-0.2, -0.15) is 4.31 Å². The molecule has 0 fully saturated rings. The van der Waals surface area contributed by atoms with E-state index >= 15 is 0 Å². The zero-order chi connectivity index (χ0) is 14.9. The molecule has 0 atom stereocenters. The smallest absolute Gasteiger partial charge is 0.243 e. The van der Waals surface area contributed by atoms with Gasteiger partial charge in [0.2, 0.25) is 10.0 Å². The Balaban J connectivity index is 1.89. The number of hydrogen-bond acceptors (Lipinski definition) is 3. The van der Waals surface area contributed by atoms with Gasteiger partial charge in [-0.1, -0.05) is 24.3 Å². The molecule has 0 amide bonds. The van der Waals surface area contributed by atoms with Crippen LogP contribution in [0.1, 0.15) is 11.1 Å². The molecular formula is C16H18N2O2S. The Hall–Kier alpha value is -1.85. The topological polar surface area (TPSA) is 49.4 Å². The van der Waals surface area contributed by atoms with Crippen LogP contribution >= 0.6 is 0 Å². The average Bonchev–Trinajstić information content (AvgIpc) is 2.54. The summed E-state index contributed by atoms with van der Waals surface area (Å²) in [7, 11) is -1.61. The number of rotatable bonds is 3. The Morgan fingerprint density at radius 1 is 1.00 bits per heavy atom. The number of fused-ring (bicyclic) bond motifs is 1. The second-order valence-electron chi connectivity index (χ2n) is 5.13. The van der Waals surface area contributed by atoms with Crippen molar-refractivity contribution in [3.63, 3.8) is 0 Å². The monoisotopic (exact) mass is 302 g/mol. The largest absolute Gasteiger partial charge is 0.388 e. The van der Waals surface area contributed by atoms with Crippen LogP contribution in [0.15, 0.2) is 53.4 Å². The van der Waals surface area contributed by atoms with Gasteiger partial charge in [-0.15, -0.1) is 0 Å². The van der Waals surface area contributed by atoms with Crippen molar-refractivity contribution in [3.05, 3.63) is 59.7 Å². The summed E-state index contributed by atoms with van der Waals surface area (Å²) >= 11 is 0. The summed E-state index contributed by atoms with van der Waals surface area (Å²) in [6, 6.07) is 14.9. The third kappa shape index (κ3) is 2.66. The van der Waals surface area contributed by atoms with Gasteiger partial charge >= 0.3 is 0 Å². The molecule has 0 saturated carbocycles. The minimum absolute atomic E-state index is 0.348. The number of hydrogen-bond donors (Lipinski definition) is 1. The van der Waals surface area contributed by atoms with Crippen molar-refractivity contribution in [2.45, 2.75) is 17.9 Å². The highest BCUT2D eigenvalue weighted by atomic mass is 32.2. The van der Waals surface area contributed by atoms with Gasteiger partial charge in [0, 0.05) is 25.8 Å². The van der Waals surface area contributed by atoms with Gasteiger partial charge in [0.15, 0.2) is 0 Å². The molecule has 1 aliphatic rings. The van der Waals surface area contributed by atoms with E-state index in [0.717, 1.165) is 17.7 Å². The van der Waals surface area contributed by atoms with Crippen molar-refractivity contribution >= 4 is 15.7 Å². The summed E-state index contributed by atoms with van der Waals surface area (Å²) in [6.07, 6.45) is 0.768. The predicted molar refractivity (Wildman–Crippen MR) is 83.7 cm³/mol. The van der Waals surface area contributed by atoms with Crippen LogP contribution in [-0.2, 0) is 23.0 Å². The highest BCUT2D eigenvalue weighted by Crippen LogP contribution is 2.25. The summed E-state index contributed by atoms with van der Waals surface area (Å²) in [4.78, 5) is 0.348. The van der Waals surface area contributed by atoms with E-state index in [4.69, 9.17) is 0 Å². The van der Waals surface area contributed by atoms with Crippen molar-refractivity contribution in [1.82, 2.24) is 4.31 Å². The molecule has 0 unspecified atom stereocenters. The molecule has 0 spiro atoms. The van der Waals surface area contributed by atoms with Gasteiger partial charge in [-0.05, 0) is 41.8 Å². The van der Waals surface area contributed by atoms with Crippen LogP contribution in [0.5, 0.6) is 0 Å². The van der Waals surface area contributed by atoms with Gasteiger partial charge in [-0.25, -0.2) is 8.42 Å². The molecule has 21 heavy (non-hydrogen) atoms. The molecule has 2 aromatic carbocycles. The van der Waals surface area contributed by atoms with Crippen LogP contribution < -0.4 is 5.32 Å². The van der Waals surface area contributed by atoms with Crippen molar-refractivity contribution < 1.29 is 8.42 Å². The number of nitrogens with one attached hydrogen (secondary N) is 1. The van der Waals surface area contributed by atoms with Gasteiger partial charge in [0.05, 0.1) is 4.90 Å². The first kappa shape index (κ1) is 14.1. The molecule has 1 aliphatic heterocycles. The fourth-order valence-corrected chi connectivity index (χ4v) is 4.04. The Morgan fingerprint density at radius 2 is 1.67 bits per heavy atom. The standard InChI is InChI=1S/C16H18N2O2S/c1-17-15-6-8-16(9-7-15)21(19,20)18-11-10-13-4-2-3-5-14(13)12-18/h2-9,17H,10-12H2,1H3. The quantitative estimate of drug-likeness (QED) is 0.947. The molecule has 0 bridgehead atoms. The number of benzene rings is 2. The van der Waals surface area contributed by atoms with E-state index in [9.17, 15) is 8.42 Å². The van der Waals surface area contributed by atoms with Crippen molar-refractivity contribution in [2.24, 2.45) is 0 Å². The molecule has 0 saturated heterocycles. The molecule has 110 valence electrons. The van der Waals surface area contributed by atoms with Crippen LogP contribution in [0.4, 0.5) is 5.69 Å². The molecule has 3 rings (SSSR count). The molecule has 4 nitrogen and oxygen atoms in total. The number of sulfonamides is 1. The molecular weight excluding hydrogens is 284 g/mol. The lowest BCUT2D eigenvalue weighted by Crippen LogP contribution is -2.35. The summed E-state index contributed by atoms with van der Waals surface area (Å²) < 4.78 is 27.0. The molecule has 5 heteroatoms. The van der Waals surface area contributed by atoms with Crippen molar-refractivity contribution in [3.8, 4) is 0 Å². The normalized spacial score (nSPS) is 15.5. The molecule has 0 aliphatic carbocycles. The second kappa shape index (κ2) is 5.50. The molecule has 0 aromatic heterocycles.